The zero-order chi connectivity index (χ0) is 15.1. The SMILES string of the molecule is CC(C)(C)c1ccc(OP(=O)([O-])O)c(C(C)(C)C)c1.[Na+]. The predicted octanol–water partition coefficient (Wildman–Crippen LogP) is 0.125. The van der Waals surface area contributed by atoms with E-state index in [-0.39, 0.29) is 46.1 Å². The van der Waals surface area contributed by atoms with Gasteiger partial charge in [0, 0.05) is 5.56 Å². The van der Waals surface area contributed by atoms with Gasteiger partial charge in [-0.15, -0.1) is 0 Å². The van der Waals surface area contributed by atoms with Crippen LogP contribution in [-0.4, -0.2) is 4.89 Å². The van der Waals surface area contributed by atoms with E-state index in [4.69, 9.17) is 4.89 Å². The molecule has 108 valence electrons. The Labute approximate surface area is 143 Å². The van der Waals surface area contributed by atoms with Gasteiger partial charge in [-0.1, -0.05) is 53.7 Å². The second kappa shape index (κ2) is 6.51. The maximum Gasteiger partial charge on any atom is 1.00 e. The van der Waals surface area contributed by atoms with Gasteiger partial charge in [-0.05, 0) is 22.5 Å². The van der Waals surface area contributed by atoms with Gasteiger partial charge in [0.05, 0.1) is 0 Å². The average molecular weight is 308 g/mol. The molecule has 1 N–H and O–H groups in total. The van der Waals surface area contributed by atoms with Crippen LogP contribution in [0.3, 0.4) is 0 Å². The van der Waals surface area contributed by atoms with Crippen LogP contribution in [0.4, 0.5) is 0 Å². The van der Waals surface area contributed by atoms with E-state index in [1.165, 1.54) is 0 Å². The van der Waals surface area contributed by atoms with Gasteiger partial charge < -0.3 is 14.3 Å². The molecule has 1 rings (SSSR count). The maximum atomic E-state index is 10.9. The second-order valence-electron chi connectivity index (χ2n) is 6.77. The predicted molar refractivity (Wildman–Crippen MR) is 74.3 cm³/mol. The van der Waals surface area contributed by atoms with Crippen LogP contribution in [0.15, 0.2) is 18.2 Å². The Morgan fingerprint density at radius 3 is 1.95 bits per heavy atom. The van der Waals surface area contributed by atoms with E-state index in [1.54, 1.807) is 6.07 Å². The van der Waals surface area contributed by atoms with E-state index in [0.717, 1.165) is 11.1 Å². The molecule has 1 aromatic rings. The van der Waals surface area contributed by atoms with Gasteiger partial charge in [0.2, 0.25) is 0 Å². The summed E-state index contributed by atoms with van der Waals surface area (Å²) >= 11 is 0. The van der Waals surface area contributed by atoms with Gasteiger partial charge in [-0.25, -0.2) is 0 Å². The molecular weight excluding hydrogens is 286 g/mol. The molecule has 0 saturated carbocycles. The molecular formula is C14H22NaO4P. The topological polar surface area (TPSA) is 69.6 Å². The Bertz CT molecular complexity index is 509. The Morgan fingerprint density at radius 2 is 1.60 bits per heavy atom. The van der Waals surface area contributed by atoms with Crippen LogP contribution in [0.2, 0.25) is 0 Å². The first-order valence-corrected chi connectivity index (χ1v) is 7.69. The van der Waals surface area contributed by atoms with Crippen molar-refractivity contribution in [1.29, 1.82) is 0 Å². The van der Waals surface area contributed by atoms with Crippen molar-refractivity contribution in [2.45, 2.75) is 52.4 Å². The van der Waals surface area contributed by atoms with Crippen molar-refractivity contribution in [3.8, 4) is 5.75 Å². The van der Waals surface area contributed by atoms with Gasteiger partial charge in [0.1, 0.15) is 5.75 Å². The zero-order valence-electron chi connectivity index (χ0n) is 13.4. The summed E-state index contributed by atoms with van der Waals surface area (Å²) in [4.78, 5) is 19.8. The fraction of sp³-hybridized carbons (Fsp3) is 0.571. The molecule has 1 aromatic carbocycles. The molecule has 4 nitrogen and oxygen atoms in total. The Balaban J connectivity index is 0.00000361. The summed E-state index contributed by atoms with van der Waals surface area (Å²) in [5.74, 6) is 0.182. The van der Waals surface area contributed by atoms with Crippen LogP contribution in [-0.2, 0) is 15.4 Å². The fourth-order valence-corrected chi connectivity index (χ4v) is 2.19. The normalized spacial score (nSPS) is 15.2. The van der Waals surface area contributed by atoms with Gasteiger partial charge in [0.25, 0.3) is 0 Å². The molecule has 0 bridgehead atoms. The van der Waals surface area contributed by atoms with Crippen LogP contribution >= 0.6 is 7.82 Å². The molecule has 0 aliphatic heterocycles. The number of phosphoric ester groups is 1. The average Bonchev–Trinajstić information content (AvgIpc) is 2.11. The molecule has 0 heterocycles. The van der Waals surface area contributed by atoms with Gasteiger partial charge >= 0.3 is 37.4 Å². The van der Waals surface area contributed by atoms with E-state index in [2.05, 4.69) is 25.3 Å². The molecule has 0 amide bonds. The third-order valence-corrected chi connectivity index (χ3v) is 3.29. The largest absolute Gasteiger partial charge is 1.00 e. The first-order valence-electron chi connectivity index (χ1n) is 6.19. The Hall–Kier alpha value is 0.170. The minimum atomic E-state index is -4.79. The third-order valence-electron chi connectivity index (χ3n) is 2.87. The van der Waals surface area contributed by atoms with E-state index < -0.39 is 7.82 Å². The number of phosphoric acid groups is 1. The molecule has 0 aliphatic carbocycles. The van der Waals surface area contributed by atoms with E-state index in [1.807, 2.05) is 32.9 Å². The summed E-state index contributed by atoms with van der Waals surface area (Å²) in [6.07, 6.45) is 0. The van der Waals surface area contributed by atoms with Crippen molar-refractivity contribution >= 4 is 7.82 Å². The third kappa shape index (κ3) is 5.88. The molecule has 0 aromatic heterocycles. The number of benzene rings is 1. The molecule has 0 saturated heterocycles. The minimum Gasteiger partial charge on any atom is -0.746 e. The molecule has 0 spiro atoms. The summed E-state index contributed by atoms with van der Waals surface area (Å²) in [7, 11) is -4.79. The second-order valence-corrected chi connectivity index (χ2v) is 7.89. The van der Waals surface area contributed by atoms with Crippen molar-refractivity contribution in [2.75, 3.05) is 0 Å². The van der Waals surface area contributed by atoms with E-state index in [0.29, 0.717) is 0 Å². The Kier molecular flexibility index (Phi) is 6.57. The number of hydrogen-bond acceptors (Lipinski definition) is 3. The van der Waals surface area contributed by atoms with Crippen LogP contribution in [0, 0.1) is 0 Å². The van der Waals surface area contributed by atoms with Crippen molar-refractivity contribution in [1.82, 2.24) is 0 Å². The first-order chi connectivity index (χ1) is 8.31. The van der Waals surface area contributed by atoms with Crippen LogP contribution in [0.25, 0.3) is 0 Å². The van der Waals surface area contributed by atoms with Crippen molar-refractivity contribution < 1.29 is 48.4 Å². The first kappa shape index (κ1) is 20.2. The zero-order valence-corrected chi connectivity index (χ0v) is 16.2. The molecule has 6 heteroatoms. The molecule has 20 heavy (non-hydrogen) atoms. The molecule has 0 radical (unpaired) electrons. The standard InChI is InChI=1S/C14H23O4P.Na/c1-13(2,3)10-7-8-12(18-19(15,16)17)11(9-10)14(4,5)6;/h7-9H,1-6H3,(H2,15,16,17);/q;+1/p-1. The quantitative estimate of drug-likeness (QED) is 0.623. The summed E-state index contributed by atoms with van der Waals surface area (Å²) in [5, 5.41) is 0. The van der Waals surface area contributed by atoms with Crippen LogP contribution in [0.5, 0.6) is 5.75 Å². The maximum absolute atomic E-state index is 10.9. The van der Waals surface area contributed by atoms with Gasteiger partial charge in [0.15, 0.2) is 0 Å². The van der Waals surface area contributed by atoms with Gasteiger partial charge in [-0.3, -0.25) is 4.57 Å². The summed E-state index contributed by atoms with van der Waals surface area (Å²) in [5.41, 5.74) is 1.51. The van der Waals surface area contributed by atoms with Crippen LogP contribution < -0.4 is 39.0 Å². The number of rotatable bonds is 2. The molecule has 1 atom stereocenters. The minimum absolute atomic E-state index is 0. The smallest absolute Gasteiger partial charge is 0.746 e. The van der Waals surface area contributed by atoms with Crippen LogP contribution in [0.1, 0.15) is 52.7 Å². The summed E-state index contributed by atoms with van der Waals surface area (Å²) in [6.45, 7) is 12.2. The van der Waals surface area contributed by atoms with Crippen molar-refractivity contribution in [2.24, 2.45) is 0 Å². The summed E-state index contributed by atoms with van der Waals surface area (Å²) in [6, 6.07) is 5.35. The van der Waals surface area contributed by atoms with Crippen molar-refractivity contribution in [3.05, 3.63) is 29.3 Å². The fourth-order valence-electron chi connectivity index (χ4n) is 1.79. The molecule has 0 fully saturated rings. The van der Waals surface area contributed by atoms with Gasteiger partial charge in [-0.2, -0.15) is 0 Å². The van der Waals surface area contributed by atoms with E-state index >= 15 is 0 Å². The summed E-state index contributed by atoms with van der Waals surface area (Å²) < 4.78 is 15.6. The molecule has 0 aliphatic rings. The monoisotopic (exact) mass is 308 g/mol. The van der Waals surface area contributed by atoms with E-state index in [9.17, 15) is 9.46 Å². The number of hydrogen-bond donors (Lipinski definition) is 1. The van der Waals surface area contributed by atoms with Crippen molar-refractivity contribution in [3.63, 3.8) is 0 Å². The Morgan fingerprint density at radius 1 is 1.10 bits per heavy atom. The molecule has 1 unspecified atom stereocenters.